The molecule has 0 aromatic rings. The number of hydrogen-bond donors (Lipinski definition) is 0. The quantitative estimate of drug-likeness (QED) is 0.666. The monoisotopic (exact) mass is 192 g/mol. The van der Waals surface area contributed by atoms with Gasteiger partial charge in [0.25, 0.3) is 0 Å². The number of hydrogen-bond acceptors (Lipinski definition) is 3. The van der Waals surface area contributed by atoms with Crippen LogP contribution in [0, 0.1) is 0 Å². The summed E-state index contributed by atoms with van der Waals surface area (Å²) in [5.74, 6) is 1.38. The molecule has 1 aliphatic heterocycles. The Morgan fingerprint density at radius 1 is 1.58 bits per heavy atom. The van der Waals surface area contributed by atoms with Crippen LogP contribution in [0.25, 0.3) is 0 Å². The summed E-state index contributed by atoms with van der Waals surface area (Å²) in [4.78, 5) is 0. The Morgan fingerprint density at radius 2 is 2.42 bits per heavy atom. The van der Waals surface area contributed by atoms with Crippen molar-refractivity contribution >= 4 is 10.8 Å². The van der Waals surface area contributed by atoms with Crippen LogP contribution in [0.15, 0.2) is 0 Å². The molecule has 0 bridgehead atoms. The Hall–Kier alpha value is 0.0700. The second kappa shape index (κ2) is 5.67. The van der Waals surface area contributed by atoms with Crippen molar-refractivity contribution in [3.63, 3.8) is 0 Å². The number of rotatable bonds is 3. The maximum absolute atomic E-state index is 11.1. The summed E-state index contributed by atoms with van der Waals surface area (Å²) in [6.07, 6.45) is 1.66. The Morgan fingerprint density at radius 3 is 3.17 bits per heavy atom. The van der Waals surface area contributed by atoms with Crippen molar-refractivity contribution in [1.82, 2.24) is 0 Å². The zero-order valence-corrected chi connectivity index (χ0v) is 8.27. The summed E-state index contributed by atoms with van der Waals surface area (Å²) in [6.45, 7) is 3.37. The van der Waals surface area contributed by atoms with Gasteiger partial charge in [-0.05, 0) is 6.42 Å². The van der Waals surface area contributed by atoms with Crippen molar-refractivity contribution in [3.05, 3.63) is 0 Å². The molecule has 0 amide bonds. The van der Waals surface area contributed by atoms with Crippen LogP contribution >= 0.6 is 0 Å². The lowest BCUT2D eigenvalue weighted by molar-refractivity contribution is -0.137. The fourth-order valence-electron chi connectivity index (χ4n) is 1.07. The third kappa shape index (κ3) is 3.65. The van der Waals surface area contributed by atoms with Gasteiger partial charge in [-0.2, -0.15) is 0 Å². The first-order chi connectivity index (χ1) is 5.83. The highest BCUT2D eigenvalue weighted by Crippen LogP contribution is 2.07. The minimum absolute atomic E-state index is 0.114. The molecule has 0 aromatic heterocycles. The molecule has 12 heavy (non-hydrogen) atoms. The molecule has 0 aromatic carbocycles. The van der Waals surface area contributed by atoms with Gasteiger partial charge in [0.2, 0.25) is 0 Å². The molecule has 0 aliphatic carbocycles. The molecule has 72 valence electrons. The van der Waals surface area contributed by atoms with E-state index in [2.05, 4.69) is 6.92 Å². The van der Waals surface area contributed by atoms with Crippen molar-refractivity contribution < 1.29 is 13.7 Å². The standard InChI is InChI=1S/C8H16O3S/c1-2-4-10-8-3-6-12(9)7-5-11-8/h8H,2-7H2,1H3/t8-,12?/m0/s1. The molecule has 0 spiro atoms. The van der Waals surface area contributed by atoms with Crippen LogP contribution in [-0.4, -0.2) is 35.2 Å². The van der Waals surface area contributed by atoms with Crippen LogP contribution < -0.4 is 0 Å². The third-order valence-corrected chi connectivity index (χ3v) is 3.02. The second-order valence-corrected chi connectivity index (χ2v) is 4.50. The minimum Gasteiger partial charge on any atom is -0.353 e. The molecule has 4 heteroatoms. The Kier molecular flexibility index (Phi) is 4.80. The summed E-state index contributed by atoms with van der Waals surface area (Å²) in [7, 11) is -0.689. The van der Waals surface area contributed by atoms with E-state index in [-0.39, 0.29) is 6.29 Å². The summed E-state index contributed by atoms with van der Waals surface area (Å²) >= 11 is 0. The maximum Gasteiger partial charge on any atom is 0.158 e. The van der Waals surface area contributed by atoms with Crippen LogP contribution in [0.5, 0.6) is 0 Å². The first-order valence-electron chi connectivity index (χ1n) is 4.41. The smallest absolute Gasteiger partial charge is 0.158 e. The van der Waals surface area contributed by atoms with Crippen molar-refractivity contribution in [1.29, 1.82) is 0 Å². The van der Waals surface area contributed by atoms with E-state index in [1.54, 1.807) is 0 Å². The van der Waals surface area contributed by atoms with Crippen molar-refractivity contribution in [2.45, 2.75) is 26.1 Å². The molecule has 1 heterocycles. The summed E-state index contributed by atoms with van der Waals surface area (Å²) in [6, 6.07) is 0. The zero-order valence-electron chi connectivity index (χ0n) is 7.45. The maximum atomic E-state index is 11.1. The Bertz CT molecular complexity index is 149. The first-order valence-corrected chi connectivity index (χ1v) is 5.90. The highest BCUT2D eigenvalue weighted by Gasteiger charge is 2.15. The molecule has 1 rings (SSSR count). The van der Waals surface area contributed by atoms with Gasteiger partial charge in [0, 0.05) is 35.3 Å². The van der Waals surface area contributed by atoms with E-state index in [0.29, 0.717) is 18.1 Å². The molecule has 1 fully saturated rings. The molecule has 3 nitrogen and oxygen atoms in total. The van der Waals surface area contributed by atoms with E-state index in [9.17, 15) is 4.21 Å². The largest absolute Gasteiger partial charge is 0.353 e. The highest BCUT2D eigenvalue weighted by atomic mass is 32.2. The van der Waals surface area contributed by atoms with Gasteiger partial charge in [0.15, 0.2) is 6.29 Å². The van der Waals surface area contributed by atoms with Gasteiger partial charge in [-0.1, -0.05) is 6.92 Å². The van der Waals surface area contributed by atoms with Crippen molar-refractivity contribution in [2.24, 2.45) is 0 Å². The van der Waals surface area contributed by atoms with Crippen LogP contribution in [0.1, 0.15) is 19.8 Å². The third-order valence-electron chi connectivity index (χ3n) is 1.70. The average Bonchev–Trinajstić information content (AvgIpc) is 2.27. The summed E-state index contributed by atoms with van der Waals surface area (Å²) < 4.78 is 21.8. The lowest BCUT2D eigenvalue weighted by Crippen LogP contribution is -2.17. The predicted octanol–water partition coefficient (Wildman–Crippen LogP) is 0.908. The lowest BCUT2D eigenvalue weighted by atomic mass is 10.4. The topological polar surface area (TPSA) is 35.5 Å². The first kappa shape index (κ1) is 10.2. The van der Waals surface area contributed by atoms with Gasteiger partial charge in [0.05, 0.1) is 6.61 Å². The van der Waals surface area contributed by atoms with E-state index < -0.39 is 10.8 Å². The van der Waals surface area contributed by atoms with Crippen molar-refractivity contribution in [2.75, 3.05) is 24.7 Å². The van der Waals surface area contributed by atoms with Gasteiger partial charge < -0.3 is 9.47 Å². The number of ether oxygens (including phenoxy) is 2. The molecule has 1 aliphatic rings. The fourth-order valence-corrected chi connectivity index (χ4v) is 2.01. The SMILES string of the molecule is CCCO[C@@H]1CCS(=O)CCO1. The van der Waals surface area contributed by atoms with Gasteiger partial charge in [0.1, 0.15) is 0 Å². The van der Waals surface area contributed by atoms with E-state index in [1.165, 1.54) is 0 Å². The van der Waals surface area contributed by atoms with E-state index in [1.807, 2.05) is 0 Å². The molecule has 0 radical (unpaired) electrons. The molecule has 0 saturated carbocycles. The summed E-state index contributed by atoms with van der Waals surface area (Å²) in [5.41, 5.74) is 0. The highest BCUT2D eigenvalue weighted by molar-refractivity contribution is 7.85. The second-order valence-electron chi connectivity index (χ2n) is 2.81. The molecule has 2 atom stereocenters. The van der Waals surface area contributed by atoms with Crippen LogP contribution in [0.4, 0.5) is 0 Å². The lowest BCUT2D eigenvalue weighted by Gasteiger charge is -2.14. The molecular weight excluding hydrogens is 176 g/mol. The zero-order chi connectivity index (χ0) is 8.81. The normalized spacial score (nSPS) is 31.4. The van der Waals surface area contributed by atoms with Gasteiger partial charge in [-0.3, -0.25) is 4.21 Å². The predicted molar refractivity (Wildman–Crippen MR) is 48.5 cm³/mol. The van der Waals surface area contributed by atoms with Gasteiger partial charge in [-0.15, -0.1) is 0 Å². The van der Waals surface area contributed by atoms with Crippen LogP contribution in [-0.2, 0) is 20.3 Å². The minimum atomic E-state index is -0.689. The molecule has 1 unspecified atom stereocenters. The Labute approximate surface area is 75.9 Å². The molecular formula is C8H16O3S. The molecule has 0 N–H and O–H groups in total. The van der Waals surface area contributed by atoms with E-state index >= 15 is 0 Å². The average molecular weight is 192 g/mol. The molecule has 1 saturated heterocycles. The fraction of sp³-hybridized carbons (Fsp3) is 1.00. The van der Waals surface area contributed by atoms with Crippen molar-refractivity contribution in [3.8, 4) is 0 Å². The Balaban J connectivity index is 2.21. The van der Waals surface area contributed by atoms with Gasteiger partial charge >= 0.3 is 0 Å². The van der Waals surface area contributed by atoms with Gasteiger partial charge in [-0.25, -0.2) is 0 Å². The van der Waals surface area contributed by atoms with Crippen LogP contribution in [0.3, 0.4) is 0 Å². The van der Waals surface area contributed by atoms with Crippen LogP contribution in [0.2, 0.25) is 0 Å². The summed E-state index contributed by atoms with van der Waals surface area (Å²) in [5, 5.41) is 0. The van der Waals surface area contributed by atoms with E-state index in [0.717, 1.165) is 19.4 Å². The van der Waals surface area contributed by atoms with E-state index in [4.69, 9.17) is 9.47 Å².